The molecule has 1 rings (SSSR count). The Balaban J connectivity index is 2.77. The van der Waals surface area contributed by atoms with Gasteiger partial charge in [-0.15, -0.1) is 0 Å². The van der Waals surface area contributed by atoms with E-state index in [0.717, 1.165) is 5.56 Å². The van der Waals surface area contributed by atoms with E-state index >= 15 is 0 Å². The lowest BCUT2D eigenvalue weighted by molar-refractivity contribution is 0.184. The minimum atomic E-state index is -0.336. The highest BCUT2D eigenvalue weighted by Gasteiger charge is 2.11. The van der Waals surface area contributed by atoms with Crippen LogP contribution in [0.5, 0.6) is 0 Å². The summed E-state index contributed by atoms with van der Waals surface area (Å²) < 4.78 is 0.259. The second kappa shape index (κ2) is 4.07. The molecule has 0 fully saturated rings. The number of aliphatic hydroxyl groups excluding tert-OH is 1. The molecule has 1 N–H and O–H groups in total. The molecule has 0 aromatic heterocycles. The Hall–Kier alpha value is -0.0900. The Kier molecular flexibility index (Phi) is 3.33. The number of benzene rings is 1. The molecule has 0 aliphatic heterocycles. The van der Waals surface area contributed by atoms with E-state index in [1.54, 1.807) is 0 Å². The fourth-order valence-electron chi connectivity index (χ4n) is 0.915. The maximum Gasteiger partial charge on any atom is 0.0904 e. The van der Waals surface area contributed by atoms with Crippen LogP contribution >= 0.6 is 22.6 Å². The number of halogens is 1. The summed E-state index contributed by atoms with van der Waals surface area (Å²) in [5.41, 5.74) is 0.995. The van der Waals surface area contributed by atoms with Crippen molar-refractivity contribution in [1.82, 2.24) is 0 Å². The van der Waals surface area contributed by atoms with Crippen molar-refractivity contribution in [3.8, 4) is 0 Å². The van der Waals surface area contributed by atoms with Crippen LogP contribution in [0.4, 0.5) is 0 Å². The second-order valence-electron chi connectivity index (χ2n) is 2.53. The normalized spacial score (nSPS) is 15.9. The van der Waals surface area contributed by atoms with E-state index in [4.69, 9.17) is 0 Å². The highest BCUT2D eigenvalue weighted by molar-refractivity contribution is 14.1. The predicted molar refractivity (Wildman–Crippen MR) is 54.9 cm³/mol. The third kappa shape index (κ3) is 2.45. The minimum Gasteiger partial charge on any atom is -0.387 e. The number of hydrogen-bond acceptors (Lipinski definition) is 1. The molecule has 2 atom stereocenters. The Morgan fingerprint density at radius 3 is 2.27 bits per heavy atom. The summed E-state index contributed by atoms with van der Waals surface area (Å²) in [6.07, 6.45) is -0.336. The van der Waals surface area contributed by atoms with Gasteiger partial charge in [0.15, 0.2) is 0 Å². The molecule has 0 radical (unpaired) electrons. The van der Waals surface area contributed by atoms with Gasteiger partial charge < -0.3 is 5.11 Å². The van der Waals surface area contributed by atoms with Gasteiger partial charge in [-0.25, -0.2) is 0 Å². The molecule has 0 saturated carbocycles. The van der Waals surface area contributed by atoms with Crippen LogP contribution in [0.2, 0.25) is 0 Å². The van der Waals surface area contributed by atoms with Crippen LogP contribution in [0.3, 0.4) is 0 Å². The van der Waals surface area contributed by atoms with E-state index in [1.807, 2.05) is 37.3 Å². The first-order valence-corrected chi connectivity index (χ1v) is 4.83. The summed E-state index contributed by atoms with van der Waals surface area (Å²) in [4.78, 5) is 0. The van der Waals surface area contributed by atoms with Crippen molar-refractivity contribution < 1.29 is 5.11 Å². The van der Waals surface area contributed by atoms with Gasteiger partial charge in [0.2, 0.25) is 0 Å². The molecule has 0 aliphatic rings. The lowest BCUT2D eigenvalue weighted by Crippen LogP contribution is -2.06. The number of rotatable bonds is 2. The van der Waals surface area contributed by atoms with Gasteiger partial charge in [0.05, 0.1) is 6.10 Å². The zero-order chi connectivity index (χ0) is 8.27. The Labute approximate surface area is 80.6 Å². The standard InChI is InChI=1S/C9H11IO/c1-7(10)9(11)8-5-3-2-4-6-8/h2-7,9,11H,1H3/t7-,9?/m1/s1. The van der Waals surface area contributed by atoms with Gasteiger partial charge in [-0.2, -0.15) is 0 Å². The smallest absolute Gasteiger partial charge is 0.0904 e. The van der Waals surface area contributed by atoms with E-state index < -0.39 is 0 Å². The molecule has 0 saturated heterocycles. The summed E-state index contributed by atoms with van der Waals surface area (Å²) in [6.45, 7) is 2.00. The third-order valence-corrected chi connectivity index (χ3v) is 2.26. The quantitative estimate of drug-likeness (QED) is 0.641. The van der Waals surface area contributed by atoms with E-state index in [-0.39, 0.29) is 10.0 Å². The zero-order valence-electron chi connectivity index (χ0n) is 6.37. The summed E-state index contributed by atoms with van der Waals surface area (Å²) in [5.74, 6) is 0. The molecule has 1 nitrogen and oxygen atoms in total. The van der Waals surface area contributed by atoms with Crippen LogP contribution in [0.15, 0.2) is 30.3 Å². The van der Waals surface area contributed by atoms with Crippen molar-refractivity contribution in [1.29, 1.82) is 0 Å². The molecule has 2 heteroatoms. The zero-order valence-corrected chi connectivity index (χ0v) is 8.52. The monoisotopic (exact) mass is 262 g/mol. The van der Waals surface area contributed by atoms with E-state index in [1.165, 1.54) is 0 Å². The molecule has 0 bridgehead atoms. The largest absolute Gasteiger partial charge is 0.387 e. The Morgan fingerprint density at radius 1 is 1.27 bits per heavy atom. The fraction of sp³-hybridized carbons (Fsp3) is 0.333. The molecule has 11 heavy (non-hydrogen) atoms. The van der Waals surface area contributed by atoms with Crippen molar-refractivity contribution in [3.05, 3.63) is 35.9 Å². The molecule has 0 heterocycles. The molecule has 1 aromatic rings. The summed E-state index contributed by atoms with van der Waals surface area (Å²) in [6, 6.07) is 9.73. The van der Waals surface area contributed by atoms with Crippen LogP contribution in [-0.4, -0.2) is 9.03 Å². The SMILES string of the molecule is C[C@@H](I)C(O)c1ccccc1. The van der Waals surface area contributed by atoms with Gasteiger partial charge >= 0.3 is 0 Å². The first-order valence-electron chi connectivity index (χ1n) is 3.59. The van der Waals surface area contributed by atoms with Gasteiger partial charge in [-0.3, -0.25) is 0 Å². The van der Waals surface area contributed by atoms with Crippen molar-refractivity contribution in [2.24, 2.45) is 0 Å². The average Bonchev–Trinajstić information content (AvgIpc) is 2.05. The maximum absolute atomic E-state index is 9.59. The minimum absolute atomic E-state index is 0.259. The maximum atomic E-state index is 9.59. The van der Waals surface area contributed by atoms with Gasteiger partial charge in [0.1, 0.15) is 0 Å². The first-order chi connectivity index (χ1) is 5.22. The van der Waals surface area contributed by atoms with Crippen LogP contribution in [0.1, 0.15) is 18.6 Å². The fourth-order valence-corrected chi connectivity index (χ4v) is 1.33. The van der Waals surface area contributed by atoms with Crippen molar-refractivity contribution >= 4 is 22.6 Å². The second-order valence-corrected chi connectivity index (χ2v) is 4.50. The van der Waals surface area contributed by atoms with Crippen molar-refractivity contribution in [2.75, 3.05) is 0 Å². The summed E-state index contributed by atoms with van der Waals surface area (Å²) in [7, 11) is 0. The Bertz CT molecular complexity index is 208. The van der Waals surface area contributed by atoms with Crippen LogP contribution in [0.25, 0.3) is 0 Å². The van der Waals surface area contributed by atoms with Gasteiger partial charge in [-0.05, 0) is 5.56 Å². The average molecular weight is 262 g/mol. The molecular weight excluding hydrogens is 251 g/mol. The lowest BCUT2D eigenvalue weighted by Gasteiger charge is -2.12. The predicted octanol–water partition coefficient (Wildman–Crippen LogP) is 2.54. The molecule has 0 aliphatic carbocycles. The molecule has 0 spiro atoms. The molecule has 60 valence electrons. The first kappa shape index (κ1) is 9.00. The summed E-state index contributed by atoms with van der Waals surface area (Å²) >= 11 is 2.22. The summed E-state index contributed by atoms with van der Waals surface area (Å²) in [5, 5.41) is 9.59. The van der Waals surface area contributed by atoms with E-state index in [9.17, 15) is 5.11 Å². The van der Waals surface area contributed by atoms with Crippen molar-refractivity contribution in [2.45, 2.75) is 17.0 Å². The van der Waals surface area contributed by atoms with E-state index in [2.05, 4.69) is 22.6 Å². The lowest BCUT2D eigenvalue weighted by atomic mass is 10.1. The highest BCUT2D eigenvalue weighted by atomic mass is 127. The Morgan fingerprint density at radius 2 is 1.82 bits per heavy atom. The van der Waals surface area contributed by atoms with Crippen molar-refractivity contribution in [3.63, 3.8) is 0 Å². The topological polar surface area (TPSA) is 20.2 Å². The highest BCUT2D eigenvalue weighted by Crippen LogP contribution is 2.21. The van der Waals surface area contributed by atoms with Crippen LogP contribution < -0.4 is 0 Å². The van der Waals surface area contributed by atoms with Crippen LogP contribution in [-0.2, 0) is 0 Å². The number of aliphatic hydroxyl groups is 1. The van der Waals surface area contributed by atoms with Gasteiger partial charge in [-0.1, -0.05) is 59.8 Å². The third-order valence-electron chi connectivity index (χ3n) is 1.58. The number of alkyl halides is 1. The van der Waals surface area contributed by atoms with E-state index in [0.29, 0.717) is 0 Å². The molecular formula is C9H11IO. The van der Waals surface area contributed by atoms with Crippen LogP contribution in [0, 0.1) is 0 Å². The molecule has 1 aromatic carbocycles. The van der Waals surface area contributed by atoms with Gasteiger partial charge in [0, 0.05) is 3.92 Å². The van der Waals surface area contributed by atoms with Gasteiger partial charge in [0.25, 0.3) is 0 Å². The molecule has 1 unspecified atom stereocenters. The number of hydrogen-bond donors (Lipinski definition) is 1. The molecule has 0 amide bonds.